The lowest BCUT2D eigenvalue weighted by atomic mass is 9.90. The molecule has 178 valence electrons. The van der Waals surface area contributed by atoms with E-state index in [9.17, 15) is 0 Å². The molecule has 1 aliphatic rings. The van der Waals surface area contributed by atoms with E-state index in [4.69, 9.17) is 0 Å². The Morgan fingerprint density at radius 3 is 1.78 bits per heavy atom. The fraction of sp³-hybridized carbons (Fsp3) is 0.143. The maximum atomic E-state index is 2.42. The van der Waals surface area contributed by atoms with Gasteiger partial charge in [-0.1, -0.05) is 103 Å². The normalized spacial score (nSPS) is 13.5. The molecule has 0 bridgehead atoms. The summed E-state index contributed by atoms with van der Waals surface area (Å²) in [5.41, 5.74) is 10.3. The Hall–Kier alpha value is -4.10. The first kappa shape index (κ1) is 23.6. The molecule has 0 atom stereocenters. The first-order chi connectivity index (χ1) is 17.8. The fourth-order valence-electron chi connectivity index (χ4n) is 4.96. The number of rotatable bonds is 7. The molecular weight excluding hydrogens is 434 g/mol. The Morgan fingerprint density at radius 1 is 0.556 bits per heavy atom. The number of aryl methyl sites for hydroxylation is 1. The molecule has 0 saturated carbocycles. The number of benzene rings is 4. The third-order valence-corrected chi connectivity index (χ3v) is 6.76. The molecule has 0 fully saturated rings. The molecule has 36 heavy (non-hydrogen) atoms. The molecule has 0 N–H and O–H groups in total. The Kier molecular flexibility index (Phi) is 7.58. The number of fused-ring (bicyclic) bond motifs is 1. The highest BCUT2D eigenvalue weighted by Crippen LogP contribution is 2.40. The van der Waals surface area contributed by atoms with Gasteiger partial charge >= 0.3 is 0 Å². The number of anilines is 3. The molecule has 0 amide bonds. The number of hydrogen-bond acceptors (Lipinski definition) is 1. The van der Waals surface area contributed by atoms with Crippen molar-refractivity contribution in [2.45, 2.75) is 32.6 Å². The summed E-state index contributed by atoms with van der Waals surface area (Å²) in [6.45, 7) is 2.06. The van der Waals surface area contributed by atoms with Crippen LogP contribution in [0.2, 0.25) is 0 Å². The quantitative estimate of drug-likeness (QED) is 0.244. The summed E-state index contributed by atoms with van der Waals surface area (Å²) in [6.07, 6.45) is 17.6. The fourth-order valence-corrected chi connectivity index (χ4v) is 4.96. The standard InChI is InChI=1S/C35H33N/c1-2-11-28-20-24-32(25-21-28)36(35-19-10-17-31-16-8-9-18-34(31)35)33-26-22-30(23-27-33)15-7-6-14-29-12-4-3-5-13-29/h2-7,10-15,17,19-27H,8-9,16,18H2,1H3/b11-2+,14-6+,15-7+. The van der Waals surface area contributed by atoms with Crippen LogP contribution in [-0.4, -0.2) is 0 Å². The second-order valence-corrected chi connectivity index (χ2v) is 9.27. The van der Waals surface area contributed by atoms with Gasteiger partial charge in [0.2, 0.25) is 0 Å². The lowest BCUT2D eigenvalue weighted by Crippen LogP contribution is -2.15. The van der Waals surface area contributed by atoms with Crippen LogP contribution in [-0.2, 0) is 12.8 Å². The molecule has 1 heteroatoms. The largest absolute Gasteiger partial charge is 0.310 e. The summed E-state index contributed by atoms with van der Waals surface area (Å²) >= 11 is 0. The van der Waals surface area contributed by atoms with E-state index in [2.05, 4.69) is 139 Å². The van der Waals surface area contributed by atoms with Crippen molar-refractivity contribution in [2.24, 2.45) is 0 Å². The SMILES string of the molecule is C/C=C/c1ccc(N(c2ccc(/C=C/C=C/c3ccccc3)cc2)c2cccc3c2CCCC3)cc1. The van der Waals surface area contributed by atoms with Crippen molar-refractivity contribution in [1.29, 1.82) is 0 Å². The van der Waals surface area contributed by atoms with E-state index in [1.54, 1.807) is 0 Å². The van der Waals surface area contributed by atoms with E-state index < -0.39 is 0 Å². The van der Waals surface area contributed by atoms with E-state index in [1.807, 2.05) is 6.07 Å². The van der Waals surface area contributed by atoms with Gasteiger partial charge in [0.15, 0.2) is 0 Å². The molecular formula is C35H33N. The van der Waals surface area contributed by atoms with E-state index in [1.165, 1.54) is 64.1 Å². The summed E-state index contributed by atoms with van der Waals surface area (Å²) in [5, 5.41) is 0. The van der Waals surface area contributed by atoms with Crippen LogP contribution in [0.15, 0.2) is 115 Å². The molecule has 1 aliphatic carbocycles. The van der Waals surface area contributed by atoms with Crippen LogP contribution >= 0.6 is 0 Å². The van der Waals surface area contributed by atoms with E-state index in [-0.39, 0.29) is 0 Å². The van der Waals surface area contributed by atoms with E-state index >= 15 is 0 Å². The van der Waals surface area contributed by atoms with Gasteiger partial charge in [0.1, 0.15) is 0 Å². The van der Waals surface area contributed by atoms with Crippen LogP contribution in [0.3, 0.4) is 0 Å². The minimum absolute atomic E-state index is 1.15. The van der Waals surface area contributed by atoms with Gasteiger partial charge in [-0.2, -0.15) is 0 Å². The Bertz CT molecular complexity index is 1360. The van der Waals surface area contributed by atoms with Gasteiger partial charge in [0.05, 0.1) is 0 Å². The summed E-state index contributed by atoms with van der Waals surface area (Å²) in [6, 6.07) is 35.0. The van der Waals surface area contributed by atoms with Crippen molar-refractivity contribution in [3.63, 3.8) is 0 Å². The zero-order valence-corrected chi connectivity index (χ0v) is 21.0. The predicted octanol–water partition coefficient (Wildman–Crippen LogP) is 9.79. The summed E-state index contributed by atoms with van der Waals surface area (Å²) < 4.78 is 0. The summed E-state index contributed by atoms with van der Waals surface area (Å²) in [4.78, 5) is 2.42. The maximum Gasteiger partial charge on any atom is 0.0496 e. The first-order valence-corrected chi connectivity index (χ1v) is 13.0. The van der Waals surface area contributed by atoms with Crippen LogP contribution in [0.25, 0.3) is 18.2 Å². The average molecular weight is 468 g/mol. The maximum absolute atomic E-state index is 2.42. The molecule has 0 heterocycles. The van der Waals surface area contributed by atoms with Crippen molar-refractivity contribution in [3.05, 3.63) is 143 Å². The van der Waals surface area contributed by atoms with Crippen molar-refractivity contribution in [2.75, 3.05) is 4.90 Å². The number of allylic oxidation sites excluding steroid dienone is 3. The lowest BCUT2D eigenvalue weighted by Gasteiger charge is -2.30. The van der Waals surface area contributed by atoms with Crippen molar-refractivity contribution >= 4 is 35.3 Å². The second-order valence-electron chi connectivity index (χ2n) is 9.27. The molecule has 0 radical (unpaired) electrons. The number of hydrogen-bond donors (Lipinski definition) is 0. The molecule has 0 aliphatic heterocycles. The summed E-state index contributed by atoms with van der Waals surface area (Å²) in [7, 11) is 0. The Balaban J connectivity index is 1.46. The Morgan fingerprint density at radius 2 is 1.14 bits per heavy atom. The predicted molar refractivity (Wildman–Crippen MR) is 157 cm³/mol. The van der Waals surface area contributed by atoms with Crippen LogP contribution in [0.1, 0.15) is 47.6 Å². The molecule has 1 nitrogen and oxygen atoms in total. The van der Waals surface area contributed by atoms with Gasteiger partial charge in [-0.3, -0.25) is 0 Å². The third-order valence-electron chi connectivity index (χ3n) is 6.76. The summed E-state index contributed by atoms with van der Waals surface area (Å²) in [5.74, 6) is 0. The molecule has 0 spiro atoms. The molecule has 4 aromatic rings. The lowest BCUT2D eigenvalue weighted by molar-refractivity contribution is 0.686. The van der Waals surface area contributed by atoms with Crippen molar-refractivity contribution < 1.29 is 0 Å². The molecule has 0 aromatic heterocycles. The van der Waals surface area contributed by atoms with Gasteiger partial charge in [-0.05, 0) is 90.8 Å². The van der Waals surface area contributed by atoms with Crippen LogP contribution < -0.4 is 4.90 Å². The zero-order valence-electron chi connectivity index (χ0n) is 21.0. The molecule has 0 saturated heterocycles. The Labute approximate surface area is 215 Å². The molecule has 5 rings (SSSR count). The minimum atomic E-state index is 1.15. The van der Waals surface area contributed by atoms with Crippen LogP contribution in [0.5, 0.6) is 0 Å². The highest BCUT2D eigenvalue weighted by molar-refractivity contribution is 5.80. The van der Waals surface area contributed by atoms with Gasteiger partial charge in [0, 0.05) is 17.1 Å². The smallest absolute Gasteiger partial charge is 0.0496 e. The minimum Gasteiger partial charge on any atom is -0.310 e. The van der Waals surface area contributed by atoms with Crippen molar-refractivity contribution in [1.82, 2.24) is 0 Å². The topological polar surface area (TPSA) is 3.24 Å². The average Bonchev–Trinajstić information content (AvgIpc) is 2.94. The highest BCUT2D eigenvalue weighted by Gasteiger charge is 2.20. The second kappa shape index (κ2) is 11.6. The zero-order chi connectivity index (χ0) is 24.6. The van der Waals surface area contributed by atoms with Gasteiger partial charge in [0.25, 0.3) is 0 Å². The highest BCUT2D eigenvalue weighted by atomic mass is 15.1. The first-order valence-electron chi connectivity index (χ1n) is 13.0. The van der Waals surface area contributed by atoms with Crippen molar-refractivity contribution in [3.8, 4) is 0 Å². The van der Waals surface area contributed by atoms with Crippen LogP contribution in [0, 0.1) is 0 Å². The van der Waals surface area contributed by atoms with Gasteiger partial charge < -0.3 is 4.90 Å². The van der Waals surface area contributed by atoms with Gasteiger partial charge in [-0.15, -0.1) is 0 Å². The van der Waals surface area contributed by atoms with Crippen LogP contribution in [0.4, 0.5) is 17.1 Å². The third kappa shape index (κ3) is 5.58. The van der Waals surface area contributed by atoms with Gasteiger partial charge in [-0.25, -0.2) is 0 Å². The molecule has 0 unspecified atom stereocenters. The monoisotopic (exact) mass is 467 g/mol. The van der Waals surface area contributed by atoms with E-state index in [0.717, 1.165) is 6.42 Å². The molecule has 4 aromatic carbocycles. The number of nitrogens with zero attached hydrogens (tertiary/aromatic N) is 1. The van der Waals surface area contributed by atoms with E-state index in [0.29, 0.717) is 0 Å².